The van der Waals surface area contributed by atoms with Crippen molar-refractivity contribution in [3.63, 3.8) is 0 Å². The van der Waals surface area contributed by atoms with Gasteiger partial charge in [-0.05, 0) is 56.4 Å². The van der Waals surface area contributed by atoms with Gasteiger partial charge in [-0.3, -0.25) is 0 Å². The maximum atomic E-state index is 12.2. The van der Waals surface area contributed by atoms with Gasteiger partial charge in [0.25, 0.3) is 0 Å². The van der Waals surface area contributed by atoms with Crippen LogP contribution in [0.1, 0.15) is 30.5 Å². The summed E-state index contributed by atoms with van der Waals surface area (Å²) >= 11 is 0. The van der Waals surface area contributed by atoms with Crippen molar-refractivity contribution in [2.75, 3.05) is 6.54 Å². The van der Waals surface area contributed by atoms with Crippen molar-refractivity contribution in [3.8, 4) is 5.69 Å². The van der Waals surface area contributed by atoms with Crippen LogP contribution in [0.4, 0.5) is 4.79 Å². The molecule has 0 unspecified atom stereocenters. The summed E-state index contributed by atoms with van der Waals surface area (Å²) < 4.78 is 2.30. The van der Waals surface area contributed by atoms with Crippen molar-refractivity contribution in [1.29, 1.82) is 0 Å². The number of urea groups is 1. The standard InChI is InChI=1S/C23H28N4O/c1-16-20(13-14-25-23(28)26-18-12-11-17(24)15-18)21-9-5-6-10-22(21)27(16)19-7-3-2-4-8-19/h2-10,17-18H,11-15,24H2,1H3,(H2,25,26,28)/t17-,18-/m1/s1. The quantitative estimate of drug-likeness (QED) is 0.636. The fraction of sp³-hybridized carbons (Fsp3) is 0.348. The molecule has 5 heteroatoms. The summed E-state index contributed by atoms with van der Waals surface area (Å²) in [7, 11) is 0. The molecule has 1 fully saturated rings. The SMILES string of the molecule is Cc1c(CCNC(=O)N[C@@H]2CC[C@@H](N)C2)c2ccccc2n1-c1ccccc1. The van der Waals surface area contributed by atoms with E-state index < -0.39 is 0 Å². The minimum Gasteiger partial charge on any atom is -0.338 e. The van der Waals surface area contributed by atoms with E-state index in [9.17, 15) is 4.79 Å². The van der Waals surface area contributed by atoms with Gasteiger partial charge in [0, 0.05) is 35.4 Å². The Bertz CT molecular complexity index is 963. The van der Waals surface area contributed by atoms with Crippen LogP contribution in [0.5, 0.6) is 0 Å². The highest BCUT2D eigenvalue weighted by atomic mass is 16.2. The fourth-order valence-electron chi connectivity index (χ4n) is 4.34. The van der Waals surface area contributed by atoms with Gasteiger partial charge in [-0.15, -0.1) is 0 Å². The summed E-state index contributed by atoms with van der Waals surface area (Å²) in [5, 5.41) is 7.30. The molecule has 28 heavy (non-hydrogen) atoms. The molecular formula is C23H28N4O. The number of para-hydroxylation sites is 2. The second kappa shape index (κ2) is 8.07. The lowest BCUT2D eigenvalue weighted by Crippen LogP contribution is -2.42. The van der Waals surface area contributed by atoms with Crippen LogP contribution in [0.3, 0.4) is 0 Å². The lowest BCUT2D eigenvalue weighted by Gasteiger charge is -2.13. The van der Waals surface area contributed by atoms with E-state index in [0.717, 1.165) is 31.4 Å². The normalized spacial score (nSPS) is 19.1. The van der Waals surface area contributed by atoms with E-state index in [4.69, 9.17) is 5.73 Å². The Kier molecular flexibility index (Phi) is 5.35. The molecule has 0 bridgehead atoms. The Morgan fingerprint density at radius 3 is 2.61 bits per heavy atom. The van der Waals surface area contributed by atoms with E-state index in [1.807, 2.05) is 6.07 Å². The summed E-state index contributed by atoms with van der Waals surface area (Å²) in [6, 6.07) is 19.2. The topological polar surface area (TPSA) is 72.1 Å². The molecule has 1 heterocycles. The molecule has 4 N–H and O–H groups in total. The molecule has 4 rings (SSSR count). The van der Waals surface area contributed by atoms with E-state index in [0.29, 0.717) is 6.54 Å². The number of hydrogen-bond donors (Lipinski definition) is 3. The van der Waals surface area contributed by atoms with E-state index in [-0.39, 0.29) is 18.1 Å². The van der Waals surface area contributed by atoms with Crippen LogP contribution >= 0.6 is 0 Å². The molecule has 1 saturated carbocycles. The summed E-state index contributed by atoms with van der Waals surface area (Å²) in [5.74, 6) is 0. The molecule has 1 aliphatic rings. The molecule has 2 atom stereocenters. The fourth-order valence-corrected chi connectivity index (χ4v) is 4.34. The van der Waals surface area contributed by atoms with Gasteiger partial charge in [0.15, 0.2) is 0 Å². The van der Waals surface area contributed by atoms with E-state index in [1.54, 1.807) is 0 Å². The lowest BCUT2D eigenvalue weighted by atomic mass is 10.1. The molecule has 2 aromatic carbocycles. The maximum Gasteiger partial charge on any atom is 0.315 e. The first-order valence-electron chi connectivity index (χ1n) is 10.1. The molecule has 3 aromatic rings. The second-order valence-corrected chi connectivity index (χ2v) is 7.67. The van der Waals surface area contributed by atoms with Gasteiger partial charge in [0.05, 0.1) is 5.52 Å². The number of nitrogens with zero attached hydrogens (tertiary/aromatic N) is 1. The third-order valence-electron chi connectivity index (χ3n) is 5.73. The molecule has 1 aliphatic carbocycles. The Hall–Kier alpha value is -2.79. The molecule has 0 aliphatic heterocycles. The van der Waals surface area contributed by atoms with E-state index >= 15 is 0 Å². The number of fused-ring (bicyclic) bond motifs is 1. The van der Waals surface area contributed by atoms with Crippen LogP contribution in [0.15, 0.2) is 54.6 Å². The molecule has 5 nitrogen and oxygen atoms in total. The van der Waals surface area contributed by atoms with Crippen LogP contribution in [0.2, 0.25) is 0 Å². The van der Waals surface area contributed by atoms with Crippen LogP contribution < -0.4 is 16.4 Å². The third-order valence-corrected chi connectivity index (χ3v) is 5.73. The molecule has 0 saturated heterocycles. The zero-order valence-electron chi connectivity index (χ0n) is 16.3. The van der Waals surface area contributed by atoms with Crippen molar-refractivity contribution in [2.45, 2.75) is 44.7 Å². The molecule has 1 aromatic heterocycles. The first-order chi connectivity index (χ1) is 13.6. The highest BCUT2D eigenvalue weighted by Crippen LogP contribution is 2.29. The second-order valence-electron chi connectivity index (χ2n) is 7.67. The van der Waals surface area contributed by atoms with Crippen molar-refractivity contribution in [2.24, 2.45) is 5.73 Å². The number of benzene rings is 2. The van der Waals surface area contributed by atoms with Gasteiger partial charge in [-0.2, -0.15) is 0 Å². The third kappa shape index (κ3) is 3.76. The first kappa shape index (κ1) is 18.6. The van der Waals surface area contributed by atoms with E-state index in [1.165, 1.54) is 22.2 Å². The maximum absolute atomic E-state index is 12.2. The van der Waals surface area contributed by atoms with Crippen LogP contribution in [-0.4, -0.2) is 29.2 Å². The van der Waals surface area contributed by atoms with Gasteiger partial charge in [-0.1, -0.05) is 36.4 Å². The number of nitrogens with two attached hydrogens (primary N) is 1. The molecule has 146 valence electrons. The molecule has 0 radical (unpaired) electrons. The van der Waals surface area contributed by atoms with Crippen molar-refractivity contribution in [3.05, 3.63) is 65.9 Å². The van der Waals surface area contributed by atoms with Gasteiger partial charge in [0.2, 0.25) is 0 Å². The number of amides is 2. The molecule has 2 amide bonds. The predicted molar refractivity (Wildman–Crippen MR) is 114 cm³/mol. The highest BCUT2D eigenvalue weighted by molar-refractivity contribution is 5.87. The van der Waals surface area contributed by atoms with Gasteiger partial charge < -0.3 is 20.9 Å². The van der Waals surface area contributed by atoms with Crippen LogP contribution in [0, 0.1) is 6.92 Å². The zero-order valence-corrected chi connectivity index (χ0v) is 16.3. The number of aromatic nitrogens is 1. The minimum atomic E-state index is -0.0939. The average Bonchev–Trinajstić information content (AvgIpc) is 3.23. The van der Waals surface area contributed by atoms with Crippen molar-refractivity contribution >= 4 is 16.9 Å². The molecule has 0 spiro atoms. The summed E-state index contributed by atoms with van der Waals surface area (Å²) in [6.07, 6.45) is 3.63. The molecular weight excluding hydrogens is 348 g/mol. The monoisotopic (exact) mass is 376 g/mol. The number of carbonyl (C=O) groups excluding carboxylic acids is 1. The summed E-state index contributed by atoms with van der Waals surface area (Å²) in [6.45, 7) is 2.76. The van der Waals surface area contributed by atoms with Crippen LogP contribution in [-0.2, 0) is 6.42 Å². The minimum absolute atomic E-state index is 0.0939. The lowest BCUT2D eigenvalue weighted by molar-refractivity contribution is 0.237. The number of rotatable bonds is 5. The Balaban J connectivity index is 1.48. The van der Waals surface area contributed by atoms with Crippen molar-refractivity contribution in [1.82, 2.24) is 15.2 Å². The number of hydrogen-bond acceptors (Lipinski definition) is 2. The average molecular weight is 377 g/mol. The van der Waals surface area contributed by atoms with Gasteiger partial charge in [-0.25, -0.2) is 4.79 Å². The zero-order chi connectivity index (χ0) is 19.5. The summed E-state index contributed by atoms with van der Waals surface area (Å²) in [4.78, 5) is 12.2. The van der Waals surface area contributed by atoms with E-state index in [2.05, 4.69) is 70.7 Å². The Morgan fingerprint density at radius 2 is 1.86 bits per heavy atom. The van der Waals surface area contributed by atoms with Gasteiger partial charge in [0.1, 0.15) is 0 Å². The smallest absolute Gasteiger partial charge is 0.315 e. The predicted octanol–water partition coefficient (Wildman–Crippen LogP) is 3.66. The Labute approximate surface area is 165 Å². The highest BCUT2D eigenvalue weighted by Gasteiger charge is 2.23. The Morgan fingerprint density at radius 1 is 1.11 bits per heavy atom. The summed E-state index contributed by atoms with van der Waals surface area (Å²) in [5.41, 5.74) is 10.8. The largest absolute Gasteiger partial charge is 0.338 e. The van der Waals surface area contributed by atoms with Crippen LogP contribution in [0.25, 0.3) is 16.6 Å². The first-order valence-corrected chi connectivity index (χ1v) is 10.1. The number of carbonyl (C=O) groups is 1. The number of nitrogens with one attached hydrogen (secondary N) is 2. The van der Waals surface area contributed by atoms with Crippen molar-refractivity contribution < 1.29 is 4.79 Å². The van der Waals surface area contributed by atoms with Gasteiger partial charge >= 0.3 is 6.03 Å².